The van der Waals surface area contributed by atoms with Crippen LogP contribution >= 0.6 is 15.9 Å². The van der Waals surface area contributed by atoms with Crippen molar-refractivity contribution in [2.24, 2.45) is 5.92 Å². The SMILES string of the molecule is Brc1ccc2c(c1)OC[C@@H]1CCCN[C@H]21. The van der Waals surface area contributed by atoms with E-state index in [9.17, 15) is 0 Å². The summed E-state index contributed by atoms with van der Waals surface area (Å²) in [6.07, 6.45) is 2.56. The molecule has 15 heavy (non-hydrogen) atoms. The highest BCUT2D eigenvalue weighted by atomic mass is 79.9. The Hall–Kier alpha value is -0.540. The Labute approximate surface area is 98.1 Å². The second-order valence-electron chi connectivity index (χ2n) is 4.33. The topological polar surface area (TPSA) is 21.3 Å². The van der Waals surface area contributed by atoms with E-state index in [1.165, 1.54) is 18.4 Å². The first-order chi connectivity index (χ1) is 7.34. The van der Waals surface area contributed by atoms with Crippen LogP contribution in [0.5, 0.6) is 5.75 Å². The summed E-state index contributed by atoms with van der Waals surface area (Å²) in [6.45, 7) is 2.00. The van der Waals surface area contributed by atoms with E-state index in [1.807, 2.05) is 0 Å². The summed E-state index contributed by atoms with van der Waals surface area (Å²) in [5, 5.41) is 3.60. The molecular formula is C12H14BrNO. The van der Waals surface area contributed by atoms with E-state index in [0.29, 0.717) is 12.0 Å². The van der Waals surface area contributed by atoms with Crippen LogP contribution < -0.4 is 10.1 Å². The molecule has 1 fully saturated rings. The molecule has 2 atom stereocenters. The first-order valence-corrected chi connectivity index (χ1v) is 6.29. The number of halogens is 1. The summed E-state index contributed by atoms with van der Waals surface area (Å²) < 4.78 is 6.90. The van der Waals surface area contributed by atoms with Gasteiger partial charge in [-0.25, -0.2) is 0 Å². The fourth-order valence-corrected chi connectivity index (χ4v) is 2.93. The molecule has 0 saturated carbocycles. The molecule has 1 aromatic carbocycles. The molecule has 3 rings (SSSR count). The third-order valence-electron chi connectivity index (χ3n) is 3.35. The third-order valence-corrected chi connectivity index (χ3v) is 3.84. The number of fused-ring (bicyclic) bond motifs is 3. The lowest BCUT2D eigenvalue weighted by molar-refractivity contribution is 0.147. The highest BCUT2D eigenvalue weighted by Crippen LogP contribution is 2.40. The summed E-state index contributed by atoms with van der Waals surface area (Å²) in [5.74, 6) is 1.70. The van der Waals surface area contributed by atoms with Crippen LogP contribution in [0.2, 0.25) is 0 Å². The van der Waals surface area contributed by atoms with Crippen LogP contribution in [0.3, 0.4) is 0 Å². The van der Waals surface area contributed by atoms with E-state index in [1.54, 1.807) is 0 Å². The van der Waals surface area contributed by atoms with Gasteiger partial charge in [-0.15, -0.1) is 0 Å². The summed E-state index contributed by atoms with van der Waals surface area (Å²) >= 11 is 3.48. The first kappa shape index (κ1) is 9.67. The predicted octanol–water partition coefficient (Wildman–Crippen LogP) is 2.88. The molecule has 2 aliphatic heterocycles. The molecule has 2 nitrogen and oxygen atoms in total. The van der Waals surface area contributed by atoms with Crippen molar-refractivity contribution in [1.29, 1.82) is 0 Å². The molecule has 0 amide bonds. The van der Waals surface area contributed by atoms with Gasteiger partial charge in [-0.2, -0.15) is 0 Å². The summed E-state index contributed by atoms with van der Waals surface area (Å²) in [6, 6.07) is 6.85. The van der Waals surface area contributed by atoms with Crippen molar-refractivity contribution in [3.8, 4) is 5.75 Å². The Morgan fingerprint density at radius 1 is 1.40 bits per heavy atom. The number of benzene rings is 1. The van der Waals surface area contributed by atoms with Gasteiger partial charge in [0.05, 0.1) is 6.61 Å². The second kappa shape index (κ2) is 3.80. The molecule has 0 aromatic heterocycles. The lowest BCUT2D eigenvalue weighted by Gasteiger charge is -2.37. The molecule has 1 N–H and O–H groups in total. The Kier molecular flexibility index (Phi) is 2.45. The maximum atomic E-state index is 5.80. The van der Waals surface area contributed by atoms with Gasteiger partial charge in [0, 0.05) is 22.0 Å². The Morgan fingerprint density at radius 2 is 2.33 bits per heavy atom. The predicted molar refractivity (Wildman–Crippen MR) is 63.1 cm³/mol. The number of hydrogen-bond donors (Lipinski definition) is 1. The molecule has 3 heteroatoms. The van der Waals surface area contributed by atoms with E-state index < -0.39 is 0 Å². The van der Waals surface area contributed by atoms with Crippen molar-refractivity contribution in [2.45, 2.75) is 18.9 Å². The maximum absolute atomic E-state index is 5.80. The smallest absolute Gasteiger partial charge is 0.125 e. The van der Waals surface area contributed by atoms with Crippen LogP contribution in [-0.4, -0.2) is 13.2 Å². The number of rotatable bonds is 0. The van der Waals surface area contributed by atoms with Crippen molar-refractivity contribution in [3.63, 3.8) is 0 Å². The minimum Gasteiger partial charge on any atom is -0.493 e. The van der Waals surface area contributed by atoms with E-state index in [0.717, 1.165) is 23.4 Å². The average Bonchev–Trinajstić information content (AvgIpc) is 2.28. The van der Waals surface area contributed by atoms with Crippen molar-refractivity contribution >= 4 is 15.9 Å². The van der Waals surface area contributed by atoms with Crippen LogP contribution in [-0.2, 0) is 0 Å². The number of ether oxygens (including phenoxy) is 1. The lowest BCUT2D eigenvalue weighted by Crippen LogP contribution is -2.39. The normalized spacial score (nSPS) is 28.9. The first-order valence-electron chi connectivity index (χ1n) is 5.50. The van der Waals surface area contributed by atoms with Gasteiger partial charge in [0.1, 0.15) is 5.75 Å². The van der Waals surface area contributed by atoms with Crippen molar-refractivity contribution < 1.29 is 4.74 Å². The maximum Gasteiger partial charge on any atom is 0.125 e. The minimum atomic E-state index is 0.510. The van der Waals surface area contributed by atoms with Crippen LogP contribution in [0.4, 0.5) is 0 Å². The largest absolute Gasteiger partial charge is 0.493 e. The molecule has 0 aliphatic carbocycles. The number of nitrogens with one attached hydrogen (secondary N) is 1. The van der Waals surface area contributed by atoms with Crippen LogP contribution in [0.15, 0.2) is 22.7 Å². The van der Waals surface area contributed by atoms with Gasteiger partial charge in [0.15, 0.2) is 0 Å². The molecule has 2 aliphatic rings. The van der Waals surface area contributed by atoms with Crippen molar-refractivity contribution in [2.75, 3.05) is 13.2 Å². The van der Waals surface area contributed by atoms with E-state index in [-0.39, 0.29) is 0 Å². The summed E-state index contributed by atoms with van der Waals surface area (Å²) in [5.41, 5.74) is 1.33. The van der Waals surface area contributed by atoms with Crippen molar-refractivity contribution in [3.05, 3.63) is 28.2 Å². The van der Waals surface area contributed by atoms with E-state index in [4.69, 9.17) is 4.74 Å². The highest BCUT2D eigenvalue weighted by molar-refractivity contribution is 9.10. The molecule has 1 aromatic rings. The van der Waals surface area contributed by atoms with Gasteiger partial charge < -0.3 is 10.1 Å². The number of hydrogen-bond acceptors (Lipinski definition) is 2. The monoisotopic (exact) mass is 267 g/mol. The molecule has 2 heterocycles. The Balaban J connectivity index is 1.99. The Bertz CT molecular complexity index is 380. The zero-order chi connectivity index (χ0) is 10.3. The fraction of sp³-hybridized carbons (Fsp3) is 0.500. The van der Waals surface area contributed by atoms with Gasteiger partial charge in [-0.1, -0.05) is 22.0 Å². The standard InChI is InChI=1S/C12H14BrNO/c13-9-3-4-10-11(6-9)15-7-8-2-1-5-14-12(8)10/h3-4,6,8,12,14H,1-2,5,7H2/t8-,12-/m0/s1. The van der Waals surface area contributed by atoms with Crippen LogP contribution in [0.25, 0.3) is 0 Å². The molecule has 0 radical (unpaired) electrons. The average molecular weight is 268 g/mol. The molecule has 1 saturated heterocycles. The van der Waals surface area contributed by atoms with E-state index >= 15 is 0 Å². The van der Waals surface area contributed by atoms with Gasteiger partial charge >= 0.3 is 0 Å². The molecule has 0 spiro atoms. The molecule has 80 valence electrons. The van der Waals surface area contributed by atoms with E-state index in [2.05, 4.69) is 39.4 Å². The third kappa shape index (κ3) is 1.68. The zero-order valence-electron chi connectivity index (χ0n) is 8.50. The van der Waals surface area contributed by atoms with Gasteiger partial charge in [-0.05, 0) is 31.5 Å². The summed E-state index contributed by atoms with van der Waals surface area (Å²) in [4.78, 5) is 0. The fourth-order valence-electron chi connectivity index (χ4n) is 2.59. The van der Waals surface area contributed by atoms with Crippen molar-refractivity contribution in [1.82, 2.24) is 5.32 Å². The number of piperidine rings is 1. The lowest BCUT2D eigenvalue weighted by atomic mass is 9.85. The summed E-state index contributed by atoms with van der Waals surface area (Å²) in [7, 11) is 0. The molecule has 0 unspecified atom stereocenters. The van der Waals surface area contributed by atoms with Gasteiger partial charge in [0.25, 0.3) is 0 Å². The van der Waals surface area contributed by atoms with Crippen LogP contribution in [0.1, 0.15) is 24.4 Å². The van der Waals surface area contributed by atoms with Gasteiger partial charge in [-0.3, -0.25) is 0 Å². The van der Waals surface area contributed by atoms with Crippen LogP contribution in [0, 0.1) is 5.92 Å². The molecular weight excluding hydrogens is 254 g/mol. The zero-order valence-corrected chi connectivity index (χ0v) is 10.1. The highest BCUT2D eigenvalue weighted by Gasteiger charge is 2.32. The van der Waals surface area contributed by atoms with Gasteiger partial charge in [0.2, 0.25) is 0 Å². The Morgan fingerprint density at radius 3 is 3.27 bits per heavy atom. The quantitative estimate of drug-likeness (QED) is 0.781. The second-order valence-corrected chi connectivity index (χ2v) is 5.24. The minimum absolute atomic E-state index is 0.510. The molecule has 0 bridgehead atoms.